The molecule has 4 heterocycles. The molecule has 2 aliphatic rings. The molecule has 2 aromatic rings. The molecule has 0 N–H and O–H groups in total. The Hall–Kier alpha value is -2.68. The number of sulfone groups is 1. The quantitative estimate of drug-likeness (QED) is 0.192. The van der Waals surface area contributed by atoms with Gasteiger partial charge < -0.3 is 28.7 Å². The average molecular weight is 794 g/mol. The van der Waals surface area contributed by atoms with Crippen LogP contribution in [0.15, 0.2) is 46.5 Å². The minimum absolute atomic E-state index is 0.0192. The van der Waals surface area contributed by atoms with Gasteiger partial charge in [0.2, 0.25) is 11.8 Å². The van der Waals surface area contributed by atoms with E-state index in [-0.39, 0.29) is 34.1 Å². The van der Waals surface area contributed by atoms with Crippen molar-refractivity contribution in [3.05, 3.63) is 36.7 Å². The molecule has 288 valence electrons. The first kappa shape index (κ1) is 44.5. The Morgan fingerprint density at radius 3 is 1.57 bits per heavy atom. The Kier molecular flexibility index (Phi) is 18.4. The number of aromatic nitrogens is 2. The van der Waals surface area contributed by atoms with Crippen LogP contribution in [0.25, 0.3) is 0 Å². The molecule has 0 spiro atoms. The first-order valence-corrected chi connectivity index (χ1v) is 20.5. The van der Waals surface area contributed by atoms with Crippen LogP contribution in [-0.4, -0.2) is 109 Å². The van der Waals surface area contributed by atoms with E-state index in [9.17, 15) is 18.0 Å². The van der Waals surface area contributed by atoms with Gasteiger partial charge >= 0.3 is 12.2 Å². The molecule has 16 heteroatoms. The fourth-order valence-electron chi connectivity index (χ4n) is 5.08. The normalized spacial score (nSPS) is 15.8. The first-order valence-electron chi connectivity index (χ1n) is 16.8. The van der Waals surface area contributed by atoms with E-state index in [2.05, 4.69) is 9.97 Å². The molecule has 2 fully saturated rings. The molecule has 2 aliphatic heterocycles. The van der Waals surface area contributed by atoms with Gasteiger partial charge in [0.25, 0.3) is 0 Å². The Labute approximate surface area is 318 Å². The van der Waals surface area contributed by atoms with Gasteiger partial charge in [-0.2, -0.15) is 0 Å². The van der Waals surface area contributed by atoms with Gasteiger partial charge in [0, 0.05) is 61.4 Å². The molecule has 2 saturated heterocycles. The zero-order chi connectivity index (χ0) is 38.2. The van der Waals surface area contributed by atoms with Crippen molar-refractivity contribution in [3.63, 3.8) is 0 Å². The lowest BCUT2D eigenvalue weighted by Crippen LogP contribution is -2.42. The summed E-state index contributed by atoms with van der Waals surface area (Å²) in [5, 5.41) is 0.194. The molecule has 0 bridgehead atoms. The van der Waals surface area contributed by atoms with Crippen LogP contribution >= 0.6 is 35.0 Å². The summed E-state index contributed by atoms with van der Waals surface area (Å²) in [6.07, 6.45) is 5.97. The highest BCUT2D eigenvalue weighted by atomic mass is 35.5. The highest BCUT2D eigenvalue weighted by Crippen LogP contribution is 2.28. The van der Waals surface area contributed by atoms with Crippen molar-refractivity contribution in [2.24, 2.45) is 11.8 Å². The van der Waals surface area contributed by atoms with Crippen molar-refractivity contribution >= 4 is 57.0 Å². The third kappa shape index (κ3) is 17.1. The number of hydrogen-bond acceptors (Lipinski definition) is 11. The molecule has 2 amide bonds. The third-order valence-electron chi connectivity index (χ3n) is 7.67. The van der Waals surface area contributed by atoms with E-state index in [1.54, 1.807) is 12.0 Å². The molecule has 0 saturated carbocycles. The van der Waals surface area contributed by atoms with E-state index in [0.29, 0.717) is 43.6 Å². The molecule has 0 unspecified atom stereocenters. The lowest BCUT2D eigenvalue weighted by molar-refractivity contribution is 0.0180. The number of rotatable bonds is 8. The van der Waals surface area contributed by atoms with Crippen molar-refractivity contribution in [2.75, 3.05) is 57.2 Å². The molecule has 0 radical (unpaired) electrons. The number of ether oxygens (including phenoxy) is 4. The number of piperidine rings is 2. The number of halogens is 2. The number of thioether (sulfide) groups is 1. The molecule has 51 heavy (non-hydrogen) atoms. The van der Waals surface area contributed by atoms with Gasteiger partial charge in [-0.15, -0.1) is 35.0 Å². The van der Waals surface area contributed by atoms with Crippen molar-refractivity contribution in [1.82, 2.24) is 19.8 Å². The van der Waals surface area contributed by atoms with Gasteiger partial charge in [0.1, 0.15) is 11.2 Å². The van der Waals surface area contributed by atoms with E-state index >= 15 is 0 Å². The van der Waals surface area contributed by atoms with E-state index in [0.717, 1.165) is 36.6 Å². The average Bonchev–Trinajstić information content (AvgIpc) is 3.07. The number of alkyl halides is 2. The minimum Gasteiger partial charge on any atom is -0.481 e. The van der Waals surface area contributed by atoms with E-state index in [1.165, 1.54) is 25.4 Å². The van der Waals surface area contributed by atoms with Crippen LogP contribution in [0.5, 0.6) is 11.8 Å². The van der Waals surface area contributed by atoms with Gasteiger partial charge in [-0.25, -0.2) is 28.0 Å². The van der Waals surface area contributed by atoms with Crippen LogP contribution in [0.2, 0.25) is 0 Å². The molecular weight excluding hydrogens is 739 g/mol. The SMILES string of the molecule is COc1ccc(S(=O)(=O)CC2CCN(C(=O)OC(C)(C)C)CC2)cn1.COc1ccc(SCC2CCN(C(=O)OC(C)(C)C)CC2)cn1.ClCCl. The highest BCUT2D eigenvalue weighted by Gasteiger charge is 2.30. The zero-order valence-electron chi connectivity index (χ0n) is 31.0. The maximum atomic E-state index is 12.5. The van der Waals surface area contributed by atoms with Gasteiger partial charge in [-0.3, -0.25) is 0 Å². The minimum atomic E-state index is -3.40. The number of carbonyl (C=O) groups is 2. The number of hydrogen-bond donors (Lipinski definition) is 0. The molecule has 0 aromatic carbocycles. The fraction of sp³-hybridized carbons (Fsp3) is 0.657. The maximum Gasteiger partial charge on any atom is 0.410 e. The van der Waals surface area contributed by atoms with Crippen LogP contribution in [0, 0.1) is 11.8 Å². The predicted molar refractivity (Wildman–Crippen MR) is 202 cm³/mol. The predicted octanol–water partition coefficient (Wildman–Crippen LogP) is 7.76. The summed E-state index contributed by atoms with van der Waals surface area (Å²) in [5.41, 5.74) is -0.955. The standard InChI is InChI=1S/C17H26N2O5S.C17H26N2O3S.CH2Cl2/c1-17(2,3)24-16(20)19-9-7-13(8-10-19)12-25(21,22)14-5-6-15(23-4)18-11-14;1-17(2,3)22-16(20)19-9-7-13(8-10-19)12-23-14-5-6-15(21-4)18-11-14;2-1-3/h5-6,11,13H,7-10,12H2,1-4H3;5-6,11,13H,7-10,12H2,1-4H3;1H2. The Morgan fingerprint density at radius 1 is 0.765 bits per heavy atom. The van der Waals surface area contributed by atoms with Crippen molar-refractivity contribution < 1.29 is 37.0 Å². The van der Waals surface area contributed by atoms with E-state index in [4.69, 9.17) is 42.1 Å². The maximum absolute atomic E-state index is 12.5. The second-order valence-corrected chi connectivity index (χ2v) is 18.0. The summed E-state index contributed by atoms with van der Waals surface area (Å²) in [4.78, 5) is 37.1. The van der Waals surface area contributed by atoms with Gasteiger partial charge in [0.05, 0.1) is 30.2 Å². The Bertz CT molecular complexity index is 1440. The second kappa shape index (κ2) is 21.1. The third-order valence-corrected chi connectivity index (χ3v) is 10.8. The number of carbonyl (C=O) groups excluding carboxylic acids is 2. The molecule has 0 atom stereocenters. The molecule has 0 aliphatic carbocycles. The summed E-state index contributed by atoms with van der Waals surface area (Å²) in [6, 6.07) is 6.97. The molecule has 4 rings (SSSR count). The fourth-order valence-corrected chi connectivity index (χ4v) is 7.77. The topological polar surface area (TPSA) is 137 Å². The first-order chi connectivity index (χ1) is 23.9. The lowest BCUT2D eigenvalue weighted by atomic mass is 9.99. The number of amides is 2. The molecule has 12 nitrogen and oxygen atoms in total. The zero-order valence-corrected chi connectivity index (χ0v) is 34.2. The van der Waals surface area contributed by atoms with Crippen LogP contribution < -0.4 is 9.47 Å². The lowest BCUT2D eigenvalue weighted by Gasteiger charge is -2.33. The van der Waals surface area contributed by atoms with Crippen molar-refractivity contribution in [3.8, 4) is 11.8 Å². The summed E-state index contributed by atoms with van der Waals surface area (Å²) in [7, 11) is -0.304. The van der Waals surface area contributed by atoms with Crippen LogP contribution in [-0.2, 0) is 19.3 Å². The number of nitrogens with zero attached hydrogens (tertiary/aromatic N) is 4. The number of methoxy groups -OCH3 is 2. The summed E-state index contributed by atoms with van der Waals surface area (Å²) in [5.74, 6) is 2.77. The van der Waals surface area contributed by atoms with Crippen LogP contribution in [0.4, 0.5) is 9.59 Å². The summed E-state index contributed by atoms with van der Waals surface area (Å²) >= 11 is 11.3. The second-order valence-electron chi connectivity index (χ2n) is 14.1. The number of likely N-dealkylation sites (tertiary alicyclic amines) is 2. The van der Waals surface area contributed by atoms with Crippen molar-refractivity contribution in [1.29, 1.82) is 0 Å². The Balaban J connectivity index is 0.000000329. The summed E-state index contributed by atoms with van der Waals surface area (Å²) in [6.45, 7) is 13.8. The van der Waals surface area contributed by atoms with E-state index in [1.807, 2.05) is 76.5 Å². The monoisotopic (exact) mass is 792 g/mol. The molecule has 2 aromatic heterocycles. The van der Waals surface area contributed by atoms with E-state index < -0.39 is 21.0 Å². The summed E-state index contributed by atoms with van der Waals surface area (Å²) < 4.78 is 45.8. The van der Waals surface area contributed by atoms with Gasteiger partial charge in [-0.1, -0.05) is 0 Å². The number of pyridine rings is 2. The Morgan fingerprint density at radius 2 is 1.20 bits per heavy atom. The van der Waals surface area contributed by atoms with Crippen LogP contribution in [0.3, 0.4) is 0 Å². The van der Waals surface area contributed by atoms with Crippen LogP contribution in [0.1, 0.15) is 67.2 Å². The van der Waals surface area contributed by atoms with Gasteiger partial charge in [-0.05, 0) is 91.2 Å². The largest absolute Gasteiger partial charge is 0.481 e. The van der Waals surface area contributed by atoms with Crippen molar-refractivity contribution in [2.45, 2.75) is 88.2 Å². The molecular formula is C35H54Cl2N4O8S2. The highest BCUT2D eigenvalue weighted by molar-refractivity contribution is 7.99. The smallest absolute Gasteiger partial charge is 0.410 e. The van der Waals surface area contributed by atoms with Gasteiger partial charge in [0.15, 0.2) is 9.84 Å².